The number of halogens is 3. The number of nitrogens with one attached hydrogen (secondary N) is 1. The number of hydrogen-bond acceptors (Lipinski definition) is 5. The van der Waals surface area contributed by atoms with Crippen LogP contribution in [0.5, 0.6) is 0 Å². The highest BCUT2D eigenvalue weighted by atomic mass is 19.4. The number of nitrogen functional groups attached to an aromatic ring is 1. The Hall–Kier alpha value is -2.29. The molecule has 0 saturated heterocycles. The van der Waals surface area contributed by atoms with E-state index in [0.29, 0.717) is 11.3 Å². The summed E-state index contributed by atoms with van der Waals surface area (Å²) in [4.78, 5) is 14.9. The maximum Gasteiger partial charge on any atom is 0.572 e. The molecular weight excluding hydrogens is 279 g/mol. The Morgan fingerprint density at radius 3 is 2.70 bits per heavy atom. The van der Waals surface area contributed by atoms with Crippen molar-refractivity contribution in [2.45, 2.75) is 19.2 Å². The van der Waals surface area contributed by atoms with Crippen molar-refractivity contribution >= 4 is 11.5 Å². The minimum Gasteiger partial charge on any atom is -0.433 e. The van der Waals surface area contributed by atoms with Crippen molar-refractivity contribution in [1.82, 2.24) is 10.4 Å². The highest BCUT2D eigenvalue weighted by Crippen LogP contribution is 2.31. The van der Waals surface area contributed by atoms with Gasteiger partial charge in [-0.15, -0.1) is 13.2 Å². The molecule has 9 heteroatoms. The van der Waals surface area contributed by atoms with Gasteiger partial charge in [-0.2, -0.15) is 0 Å². The number of carbonyl (C=O) groups excluding carboxylic acids is 1. The monoisotopic (exact) mass is 289 g/mol. The third-order valence-corrected chi connectivity index (χ3v) is 2.51. The lowest BCUT2D eigenvalue weighted by Gasteiger charge is -2.15. The van der Waals surface area contributed by atoms with Gasteiger partial charge in [0, 0.05) is 6.42 Å². The summed E-state index contributed by atoms with van der Waals surface area (Å²) in [6.45, 7) is 0. The number of carbonyl (C=O) groups is 1. The molecule has 0 bridgehead atoms. The van der Waals surface area contributed by atoms with Crippen molar-refractivity contribution in [1.29, 1.82) is 0 Å². The van der Waals surface area contributed by atoms with E-state index < -0.39 is 12.3 Å². The van der Waals surface area contributed by atoms with Crippen molar-refractivity contribution < 1.29 is 27.1 Å². The van der Waals surface area contributed by atoms with Crippen molar-refractivity contribution in [2.75, 3.05) is 0 Å². The SMILES string of the molecule is NNC(=O)c1ncc(C2=CC=C(OC(F)(F)F)CC2)o1. The largest absolute Gasteiger partial charge is 0.572 e. The van der Waals surface area contributed by atoms with Gasteiger partial charge < -0.3 is 9.15 Å². The number of nitrogens with two attached hydrogens (primary N) is 1. The van der Waals surface area contributed by atoms with Crippen LogP contribution in [-0.2, 0) is 4.74 Å². The van der Waals surface area contributed by atoms with Crippen LogP contribution in [0.3, 0.4) is 0 Å². The highest BCUT2D eigenvalue weighted by Gasteiger charge is 2.32. The second-order valence-corrected chi connectivity index (χ2v) is 3.88. The predicted molar refractivity (Wildman–Crippen MR) is 60.6 cm³/mol. The third-order valence-electron chi connectivity index (χ3n) is 2.51. The van der Waals surface area contributed by atoms with Gasteiger partial charge in [0.2, 0.25) is 0 Å². The number of oxazole rings is 1. The molecule has 20 heavy (non-hydrogen) atoms. The number of nitrogens with zero attached hydrogens (tertiary/aromatic N) is 1. The van der Waals surface area contributed by atoms with E-state index in [1.807, 2.05) is 5.43 Å². The second-order valence-electron chi connectivity index (χ2n) is 3.88. The maximum atomic E-state index is 12.0. The van der Waals surface area contributed by atoms with Crippen LogP contribution in [0, 0.1) is 0 Å². The number of hydrazine groups is 1. The Kier molecular flexibility index (Phi) is 3.79. The predicted octanol–water partition coefficient (Wildman–Crippen LogP) is 1.88. The van der Waals surface area contributed by atoms with E-state index in [2.05, 4.69) is 9.72 Å². The van der Waals surface area contributed by atoms with Crippen molar-refractivity contribution in [3.05, 3.63) is 35.8 Å². The number of alkyl halides is 3. The van der Waals surface area contributed by atoms with E-state index in [-0.39, 0.29) is 24.5 Å². The number of amides is 1. The molecule has 1 aliphatic rings. The van der Waals surface area contributed by atoms with Crippen LogP contribution in [-0.4, -0.2) is 17.3 Å². The molecule has 1 aliphatic carbocycles. The smallest absolute Gasteiger partial charge is 0.433 e. The Morgan fingerprint density at radius 2 is 2.15 bits per heavy atom. The van der Waals surface area contributed by atoms with Gasteiger partial charge in [0.15, 0.2) is 5.76 Å². The van der Waals surface area contributed by atoms with Gasteiger partial charge in [-0.05, 0) is 18.1 Å². The summed E-state index contributed by atoms with van der Waals surface area (Å²) < 4.78 is 45.0. The topological polar surface area (TPSA) is 90.4 Å². The number of ether oxygens (including phenoxy) is 1. The van der Waals surface area contributed by atoms with Gasteiger partial charge in [0.25, 0.3) is 5.89 Å². The molecular formula is C11H10F3N3O3. The Morgan fingerprint density at radius 1 is 1.40 bits per heavy atom. The van der Waals surface area contributed by atoms with Crippen LogP contribution in [0.4, 0.5) is 13.2 Å². The summed E-state index contributed by atoms with van der Waals surface area (Å²) >= 11 is 0. The van der Waals surface area contributed by atoms with Gasteiger partial charge in [-0.3, -0.25) is 10.2 Å². The van der Waals surface area contributed by atoms with E-state index in [0.717, 1.165) is 0 Å². The van der Waals surface area contributed by atoms with Crippen molar-refractivity contribution in [3.63, 3.8) is 0 Å². The summed E-state index contributed by atoms with van der Waals surface area (Å²) in [7, 11) is 0. The molecule has 108 valence electrons. The molecule has 1 aromatic rings. The summed E-state index contributed by atoms with van der Waals surface area (Å²) in [5.41, 5.74) is 2.47. The number of hydrogen-bond donors (Lipinski definition) is 2. The molecule has 2 rings (SSSR count). The maximum absolute atomic E-state index is 12.0. The van der Waals surface area contributed by atoms with E-state index in [1.165, 1.54) is 18.3 Å². The highest BCUT2D eigenvalue weighted by molar-refractivity contribution is 5.89. The zero-order valence-corrected chi connectivity index (χ0v) is 10.0. The lowest BCUT2D eigenvalue weighted by molar-refractivity contribution is -0.306. The molecule has 0 radical (unpaired) electrons. The first kappa shape index (κ1) is 14.1. The fourth-order valence-electron chi connectivity index (χ4n) is 1.65. The Labute approximate surface area is 111 Å². The molecule has 0 unspecified atom stereocenters. The minimum absolute atomic E-state index is 0.0739. The van der Waals surface area contributed by atoms with Gasteiger partial charge in [0.05, 0.1) is 6.20 Å². The van der Waals surface area contributed by atoms with E-state index in [4.69, 9.17) is 10.3 Å². The molecule has 0 aliphatic heterocycles. The van der Waals surface area contributed by atoms with Gasteiger partial charge >= 0.3 is 12.3 Å². The molecule has 0 spiro atoms. The number of aromatic nitrogens is 1. The summed E-state index contributed by atoms with van der Waals surface area (Å²) in [5, 5.41) is 0. The molecule has 0 atom stereocenters. The summed E-state index contributed by atoms with van der Waals surface area (Å²) in [6, 6.07) is 0. The van der Waals surface area contributed by atoms with Crippen LogP contribution in [0.25, 0.3) is 5.57 Å². The molecule has 0 aromatic carbocycles. The first-order chi connectivity index (χ1) is 9.39. The standard InChI is InChI=1S/C11H10F3N3O3/c12-11(13,14)20-7-3-1-6(2-4-7)8-5-16-10(19-8)9(18)17-15/h1,3,5H,2,4,15H2,(H,17,18). The van der Waals surface area contributed by atoms with Crippen LogP contribution in [0.2, 0.25) is 0 Å². The summed E-state index contributed by atoms with van der Waals surface area (Å²) in [6.07, 6.45) is -0.409. The van der Waals surface area contributed by atoms with Crippen LogP contribution >= 0.6 is 0 Å². The first-order valence-electron chi connectivity index (χ1n) is 5.51. The summed E-state index contributed by atoms with van der Waals surface area (Å²) in [5.74, 6) is 4.13. The van der Waals surface area contributed by atoms with E-state index in [9.17, 15) is 18.0 Å². The normalized spacial score (nSPS) is 15.4. The van der Waals surface area contributed by atoms with Crippen molar-refractivity contribution in [3.8, 4) is 0 Å². The Bertz CT molecular complexity index is 575. The molecule has 0 fully saturated rings. The lowest BCUT2D eigenvalue weighted by atomic mass is 10.0. The zero-order valence-electron chi connectivity index (χ0n) is 10.0. The zero-order chi connectivity index (χ0) is 14.8. The van der Waals surface area contributed by atoms with Gasteiger partial charge in [-0.1, -0.05) is 6.08 Å². The quantitative estimate of drug-likeness (QED) is 0.503. The molecule has 6 nitrogen and oxygen atoms in total. The minimum atomic E-state index is -4.70. The van der Waals surface area contributed by atoms with Gasteiger partial charge in [0.1, 0.15) is 5.76 Å². The second kappa shape index (κ2) is 5.37. The molecule has 1 aromatic heterocycles. The third kappa shape index (κ3) is 3.38. The van der Waals surface area contributed by atoms with E-state index >= 15 is 0 Å². The van der Waals surface area contributed by atoms with Gasteiger partial charge in [-0.25, -0.2) is 10.8 Å². The Balaban J connectivity index is 2.11. The molecule has 1 heterocycles. The average molecular weight is 289 g/mol. The molecule has 3 N–H and O–H groups in total. The average Bonchev–Trinajstić information content (AvgIpc) is 2.86. The van der Waals surface area contributed by atoms with Crippen molar-refractivity contribution in [2.24, 2.45) is 5.84 Å². The fourth-order valence-corrected chi connectivity index (χ4v) is 1.65. The van der Waals surface area contributed by atoms with Crippen LogP contribution in [0.15, 0.2) is 28.5 Å². The first-order valence-corrected chi connectivity index (χ1v) is 5.51. The van der Waals surface area contributed by atoms with Crippen LogP contribution < -0.4 is 11.3 Å². The molecule has 0 saturated carbocycles. The fraction of sp³-hybridized carbons (Fsp3) is 0.273. The molecule has 1 amide bonds. The number of allylic oxidation sites excluding steroid dienone is 4. The lowest BCUT2D eigenvalue weighted by Crippen LogP contribution is -2.30. The van der Waals surface area contributed by atoms with E-state index in [1.54, 1.807) is 0 Å². The van der Waals surface area contributed by atoms with Crippen LogP contribution in [0.1, 0.15) is 29.3 Å². The number of rotatable bonds is 3.